The molecule has 0 aromatic heterocycles. The fourth-order valence-corrected chi connectivity index (χ4v) is 4.98. The van der Waals surface area contributed by atoms with Crippen LogP contribution in [0.1, 0.15) is 41.1 Å². The van der Waals surface area contributed by atoms with Crippen LogP contribution in [0.3, 0.4) is 0 Å². The summed E-state index contributed by atoms with van der Waals surface area (Å²) >= 11 is 0. The van der Waals surface area contributed by atoms with Gasteiger partial charge in [0.25, 0.3) is 0 Å². The van der Waals surface area contributed by atoms with Crippen molar-refractivity contribution < 1.29 is 12.8 Å². The van der Waals surface area contributed by atoms with Crippen LogP contribution < -0.4 is 4.72 Å². The minimum Gasteiger partial charge on any atom is -0.207 e. The number of benzene rings is 2. The molecule has 0 bridgehead atoms. The zero-order valence-corrected chi connectivity index (χ0v) is 13.5. The highest BCUT2D eigenvalue weighted by Crippen LogP contribution is 2.33. The van der Waals surface area contributed by atoms with E-state index < -0.39 is 10.0 Å². The van der Waals surface area contributed by atoms with E-state index in [9.17, 15) is 12.8 Å². The van der Waals surface area contributed by atoms with Crippen LogP contribution >= 0.6 is 0 Å². The summed E-state index contributed by atoms with van der Waals surface area (Å²) in [4.78, 5) is 0.328. The summed E-state index contributed by atoms with van der Waals surface area (Å²) in [6, 6.07) is 9.71. The van der Waals surface area contributed by atoms with Crippen molar-refractivity contribution in [2.75, 3.05) is 0 Å². The molecule has 1 atom stereocenters. The molecule has 0 heterocycles. The molecule has 1 N–H and O–H groups in total. The highest BCUT2D eigenvalue weighted by molar-refractivity contribution is 7.89. The first-order valence-electron chi connectivity index (χ1n) is 7.95. The first-order valence-corrected chi connectivity index (χ1v) is 9.44. The van der Waals surface area contributed by atoms with Gasteiger partial charge in [-0.15, -0.1) is 0 Å². The molecule has 2 aliphatic carbocycles. The average Bonchev–Trinajstić information content (AvgIpc) is 3.13. The summed E-state index contributed by atoms with van der Waals surface area (Å²) < 4.78 is 41.4. The number of rotatable bonds is 3. The highest BCUT2D eigenvalue weighted by atomic mass is 32.2. The molecule has 23 heavy (non-hydrogen) atoms. The number of nitrogens with one attached hydrogen (secondary N) is 1. The van der Waals surface area contributed by atoms with Gasteiger partial charge in [-0.2, -0.15) is 0 Å². The van der Waals surface area contributed by atoms with Crippen molar-refractivity contribution in [3.05, 3.63) is 64.5 Å². The molecule has 3 nitrogen and oxygen atoms in total. The third kappa shape index (κ3) is 2.68. The van der Waals surface area contributed by atoms with Crippen molar-refractivity contribution in [3.8, 4) is 0 Å². The molecule has 2 aromatic rings. The maximum absolute atomic E-state index is 13.3. The Bertz CT molecular complexity index is 877. The quantitative estimate of drug-likeness (QED) is 0.938. The molecule has 0 saturated carbocycles. The molecule has 5 heteroatoms. The highest BCUT2D eigenvalue weighted by Gasteiger charge is 2.28. The second-order valence-electron chi connectivity index (χ2n) is 6.34. The number of halogens is 1. The number of fused-ring (bicyclic) bond motifs is 2. The van der Waals surface area contributed by atoms with E-state index in [1.54, 1.807) is 18.2 Å². The topological polar surface area (TPSA) is 46.2 Å². The molecular weight excluding hydrogens is 313 g/mol. The maximum atomic E-state index is 13.3. The number of hydrogen-bond donors (Lipinski definition) is 1. The Morgan fingerprint density at radius 3 is 2.65 bits per heavy atom. The van der Waals surface area contributed by atoms with Crippen molar-refractivity contribution >= 4 is 10.0 Å². The fraction of sp³-hybridized carbons (Fsp3) is 0.333. The standard InChI is InChI=1S/C18H18FNO2S/c19-15-6-8-17-14(10-15)5-9-18(17)20-23(21,22)16-7-4-12-2-1-3-13(12)11-16/h4,6-8,10-11,18,20H,1-3,5,9H2/t18-/m1/s1. The average molecular weight is 331 g/mol. The lowest BCUT2D eigenvalue weighted by atomic mass is 10.1. The van der Waals surface area contributed by atoms with Crippen molar-refractivity contribution in [1.29, 1.82) is 0 Å². The van der Waals surface area contributed by atoms with E-state index in [2.05, 4.69) is 4.72 Å². The van der Waals surface area contributed by atoms with Crippen molar-refractivity contribution in [2.24, 2.45) is 0 Å². The van der Waals surface area contributed by atoms with Gasteiger partial charge in [0.1, 0.15) is 5.82 Å². The summed E-state index contributed by atoms with van der Waals surface area (Å²) in [6.45, 7) is 0. The van der Waals surface area contributed by atoms with Gasteiger partial charge in [0.05, 0.1) is 4.90 Å². The third-order valence-electron chi connectivity index (χ3n) is 4.86. The molecule has 0 saturated heterocycles. The Kier molecular flexibility index (Phi) is 3.50. The van der Waals surface area contributed by atoms with E-state index in [0.717, 1.165) is 36.0 Å². The van der Waals surface area contributed by atoms with Gasteiger partial charge in [-0.25, -0.2) is 17.5 Å². The van der Waals surface area contributed by atoms with Crippen LogP contribution in [-0.2, 0) is 29.3 Å². The molecule has 0 spiro atoms. The van der Waals surface area contributed by atoms with Gasteiger partial charge in [-0.1, -0.05) is 12.1 Å². The summed E-state index contributed by atoms with van der Waals surface area (Å²) in [5.74, 6) is -0.272. The zero-order valence-electron chi connectivity index (χ0n) is 12.7. The Hall–Kier alpha value is -1.72. The molecule has 120 valence electrons. The van der Waals surface area contributed by atoms with Gasteiger partial charge in [0.15, 0.2) is 0 Å². The van der Waals surface area contributed by atoms with Crippen LogP contribution in [0, 0.1) is 5.82 Å². The summed E-state index contributed by atoms with van der Waals surface area (Å²) in [5, 5.41) is 0. The number of aryl methyl sites for hydroxylation is 3. The third-order valence-corrected chi connectivity index (χ3v) is 6.33. The van der Waals surface area contributed by atoms with Crippen LogP contribution in [0.15, 0.2) is 41.3 Å². The van der Waals surface area contributed by atoms with E-state index in [1.165, 1.54) is 17.7 Å². The maximum Gasteiger partial charge on any atom is 0.241 e. The van der Waals surface area contributed by atoms with Gasteiger partial charge in [0, 0.05) is 6.04 Å². The van der Waals surface area contributed by atoms with Gasteiger partial charge >= 0.3 is 0 Å². The lowest BCUT2D eigenvalue weighted by Gasteiger charge is -2.15. The van der Waals surface area contributed by atoms with E-state index in [0.29, 0.717) is 17.7 Å². The van der Waals surface area contributed by atoms with E-state index >= 15 is 0 Å². The summed E-state index contributed by atoms with van der Waals surface area (Å²) in [5.41, 5.74) is 4.18. The molecule has 4 rings (SSSR count). The lowest BCUT2D eigenvalue weighted by Crippen LogP contribution is -2.27. The largest absolute Gasteiger partial charge is 0.241 e. The Morgan fingerprint density at radius 2 is 1.78 bits per heavy atom. The van der Waals surface area contributed by atoms with Crippen LogP contribution in [0.5, 0.6) is 0 Å². The molecule has 0 fully saturated rings. The van der Waals surface area contributed by atoms with Crippen LogP contribution in [0.25, 0.3) is 0 Å². The van der Waals surface area contributed by atoms with Gasteiger partial charge < -0.3 is 0 Å². The van der Waals surface area contributed by atoms with E-state index in [1.807, 2.05) is 6.07 Å². The van der Waals surface area contributed by atoms with Crippen molar-refractivity contribution in [1.82, 2.24) is 4.72 Å². The monoisotopic (exact) mass is 331 g/mol. The number of hydrogen-bond acceptors (Lipinski definition) is 2. The van der Waals surface area contributed by atoms with E-state index in [-0.39, 0.29) is 11.9 Å². The minimum absolute atomic E-state index is 0.272. The summed E-state index contributed by atoms with van der Waals surface area (Å²) in [7, 11) is -3.56. The Balaban J connectivity index is 1.62. The lowest BCUT2D eigenvalue weighted by molar-refractivity contribution is 0.554. The van der Waals surface area contributed by atoms with Gasteiger partial charge in [-0.05, 0) is 78.6 Å². The molecule has 0 aliphatic heterocycles. The number of sulfonamides is 1. The Labute approximate surface area is 135 Å². The van der Waals surface area contributed by atoms with Crippen LogP contribution in [-0.4, -0.2) is 8.42 Å². The predicted octanol–water partition coefficient (Wildman–Crippen LogP) is 3.28. The smallest absolute Gasteiger partial charge is 0.207 e. The summed E-state index contributed by atoms with van der Waals surface area (Å²) in [6.07, 6.45) is 4.44. The zero-order chi connectivity index (χ0) is 16.0. The molecule has 2 aliphatic rings. The second-order valence-corrected chi connectivity index (χ2v) is 8.05. The molecular formula is C18H18FNO2S. The SMILES string of the molecule is O=S(=O)(N[C@@H]1CCc2cc(F)ccc21)c1ccc2c(c1)CCC2. The van der Waals surface area contributed by atoms with E-state index in [4.69, 9.17) is 0 Å². The molecule has 2 aromatic carbocycles. The van der Waals surface area contributed by atoms with Crippen LogP contribution in [0.4, 0.5) is 4.39 Å². The van der Waals surface area contributed by atoms with Crippen molar-refractivity contribution in [2.45, 2.75) is 43.0 Å². The van der Waals surface area contributed by atoms with Crippen molar-refractivity contribution in [3.63, 3.8) is 0 Å². The van der Waals surface area contributed by atoms with Gasteiger partial charge in [-0.3, -0.25) is 0 Å². The first-order chi connectivity index (χ1) is 11.0. The normalized spacial score (nSPS) is 19.6. The molecule has 0 unspecified atom stereocenters. The van der Waals surface area contributed by atoms with Crippen LogP contribution in [0.2, 0.25) is 0 Å². The molecule has 0 radical (unpaired) electrons. The minimum atomic E-state index is -3.56. The molecule has 0 amide bonds. The first kappa shape index (κ1) is 14.8. The van der Waals surface area contributed by atoms with Gasteiger partial charge in [0.2, 0.25) is 10.0 Å². The second kappa shape index (κ2) is 5.42. The predicted molar refractivity (Wildman–Crippen MR) is 86.3 cm³/mol. The fourth-order valence-electron chi connectivity index (χ4n) is 3.68. The Morgan fingerprint density at radius 1 is 0.957 bits per heavy atom.